The summed E-state index contributed by atoms with van der Waals surface area (Å²) in [6.45, 7) is 4.58. The molecule has 0 radical (unpaired) electrons. The third-order valence-electron chi connectivity index (χ3n) is 4.75. The van der Waals surface area contributed by atoms with Gasteiger partial charge in [-0.3, -0.25) is 4.90 Å². The summed E-state index contributed by atoms with van der Waals surface area (Å²) in [5.74, 6) is 0.734. The lowest BCUT2D eigenvalue weighted by molar-refractivity contribution is -0.115. The number of benzene rings is 1. The fraction of sp³-hybridized carbons (Fsp3) is 0.588. The molecule has 2 fully saturated rings. The van der Waals surface area contributed by atoms with E-state index < -0.39 is 11.7 Å². The number of aliphatic hydroxyl groups excluding tert-OH is 1. The number of rotatable bonds is 5. The maximum atomic E-state index is 10.7. The highest BCUT2D eigenvalue weighted by molar-refractivity contribution is 5.35. The number of nitrogens with zero attached hydrogens (tertiary/aromatic N) is 2. The van der Waals surface area contributed by atoms with Gasteiger partial charge in [0.15, 0.2) is 0 Å². The minimum absolute atomic E-state index is 0.459. The van der Waals surface area contributed by atoms with Crippen molar-refractivity contribution in [3.05, 3.63) is 29.8 Å². The van der Waals surface area contributed by atoms with Crippen LogP contribution in [-0.4, -0.2) is 54.4 Å². The van der Waals surface area contributed by atoms with Crippen molar-refractivity contribution in [2.75, 3.05) is 32.7 Å². The average molecular weight is 301 g/mol. The molecule has 2 N–H and O–H groups in total. The highest BCUT2D eigenvalue weighted by Gasteiger charge is 2.46. The topological polar surface area (TPSA) is 68.5 Å². The van der Waals surface area contributed by atoms with Gasteiger partial charge in [-0.25, -0.2) is 0 Å². The molecule has 0 amide bonds. The first kappa shape index (κ1) is 15.3. The molecule has 1 heterocycles. The smallest absolute Gasteiger partial charge is 0.136 e. The fourth-order valence-corrected chi connectivity index (χ4v) is 3.17. The van der Waals surface area contributed by atoms with Gasteiger partial charge >= 0.3 is 0 Å². The van der Waals surface area contributed by atoms with Crippen LogP contribution >= 0.6 is 0 Å². The zero-order chi connectivity index (χ0) is 15.4. The van der Waals surface area contributed by atoms with Gasteiger partial charge < -0.3 is 15.2 Å². The quantitative estimate of drug-likeness (QED) is 0.853. The van der Waals surface area contributed by atoms with E-state index in [0.717, 1.165) is 51.2 Å². The van der Waals surface area contributed by atoms with Crippen molar-refractivity contribution >= 4 is 0 Å². The van der Waals surface area contributed by atoms with Crippen molar-refractivity contribution < 1.29 is 9.84 Å². The minimum atomic E-state index is -0.477. The Morgan fingerprint density at radius 1 is 1.27 bits per heavy atom. The molecule has 5 nitrogen and oxygen atoms in total. The number of hydrogen-bond donors (Lipinski definition) is 2. The normalized spacial score (nSPS) is 22.4. The van der Waals surface area contributed by atoms with Crippen LogP contribution in [0, 0.1) is 11.3 Å². The highest BCUT2D eigenvalue weighted by atomic mass is 16.5. The lowest BCUT2D eigenvalue weighted by Crippen LogP contribution is -2.58. The van der Waals surface area contributed by atoms with Gasteiger partial charge in [-0.2, -0.15) is 5.26 Å². The molecule has 1 aromatic carbocycles. The maximum Gasteiger partial charge on any atom is 0.136 e. The van der Waals surface area contributed by atoms with Crippen LogP contribution in [0.25, 0.3) is 0 Å². The third kappa shape index (κ3) is 3.25. The Labute approximate surface area is 131 Å². The molecular formula is C17H23N3O2. The number of ether oxygens (including phenoxy) is 1. The van der Waals surface area contributed by atoms with Crippen LogP contribution in [-0.2, 0) is 0 Å². The largest absolute Gasteiger partial charge is 0.485 e. The van der Waals surface area contributed by atoms with E-state index in [9.17, 15) is 5.11 Å². The molecule has 1 saturated carbocycles. The van der Waals surface area contributed by atoms with E-state index in [1.807, 2.05) is 12.1 Å². The van der Waals surface area contributed by atoms with Crippen molar-refractivity contribution in [1.82, 2.24) is 10.2 Å². The van der Waals surface area contributed by atoms with E-state index >= 15 is 0 Å². The number of β-amino-alcohol motifs (C(OH)–C–C–N with tert-alkyl or cyclic N) is 1. The molecule has 1 aliphatic carbocycles. The Bertz CT molecular complexity index is 528. The molecule has 0 aromatic heterocycles. The summed E-state index contributed by atoms with van der Waals surface area (Å²) in [7, 11) is 0. The Balaban J connectivity index is 1.63. The van der Waals surface area contributed by atoms with Crippen LogP contribution in [0.2, 0.25) is 0 Å². The van der Waals surface area contributed by atoms with Gasteiger partial charge in [-0.05, 0) is 43.5 Å². The van der Waals surface area contributed by atoms with Gasteiger partial charge in [0.05, 0.1) is 11.6 Å². The number of aliphatic hydroxyl groups is 1. The lowest BCUT2D eigenvalue weighted by Gasteiger charge is -2.46. The Hall–Kier alpha value is -1.61. The summed E-state index contributed by atoms with van der Waals surface area (Å²) < 4.78 is 6.14. The lowest BCUT2D eigenvalue weighted by atomic mass is 9.75. The summed E-state index contributed by atoms with van der Waals surface area (Å²) in [4.78, 5) is 2.30. The number of nitriles is 1. The number of nitrogens with one attached hydrogen (secondary N) is 1. The SMILES string of the molecule is N#Cc1ccc(OC2(C(O)CN3CCNCC3)CCC2)cc1. The Kier molecular flexibility index (Phi) is 4.63. The first-order valence-electron chi connectivity index (χ1n) is 8.02. The Morgan fingerprint density at radius 3 is 2.50 bits per heavy atom. The molecule has 1 unspecified atom stereocenters. The molecule has 1 atom stereocenters. The zero-order valence-corrected chi connectivity index (χ0v) is 12.8. The van der Waals surface area contributed by atoms with Crippen LogP contribution in [0.1, 0.15) is 24.8 Å². The molecule has 1 saturated heterocycles. The molecule has 0 bridgehead atoms. The molecule has 5 heteroatoms. The van der Waals surface area contributed by atoms with Gasteiger partial charge in [0, 0.05) is 32.7 Å². The van der Waals surface area contributed by atoms with Crippen molar-refractivity contribution in [1.29, 1.82) is 5.26 Å². The van der Waals surface area contributed by atoms with Crippen LogP contribution < -0.4 is 10.1 Å². The summed E-state index contributed by atoms with van der Waals surface area (Å²) in [6.07, 6.45) is 2.39. The van der Waals surface area contributed by atoms with Crippen molar-refractivity contribution in [3.8, 4) is 11.8 Å². The summed E-state index contributed by atoms with van der Waals surface area (Å²) >= 11 is 0. The standard InChI is InChI=1S/C17H23N3O2/c18-12-14-2-4-15(5-3-14)22-17(6-1-7-17)16(21)13-20-10-8-19-9-11-20/h2-5,16,19,21H,1,6-11,13H2. The van der Waals surface area contributed by atoms with Gasteiger partial charge in [-0.1, -0.05) is 0 Å². The molecular weight excluding hydrogens is 278 g/mol. The zero-order valence-electron chi connectivity index (χ0n) is 12.8. The second-order valence-corrected chi connectivity index (χ2v) is 6.22. The van der Waals surface area contributed by atoms with Crippen molar-refractivity contribution in [2.45, 2.75) is 31.0 Å². The predicted octanol–water partition coefficient (Wildman–Crippen LogP) is 1.13. The van der Waals surface area contributed by atoms with E-state index in [1.165, 1.54) is 0 Å². The van der Waals surface area contributed by atoms with Gasteiger partial charge in [0.1, 0.15) is 17.5 Å². The van der Waals surface area contributed by atoms with E-state index in [2.05, 4.69) is 16.3 Å². The van der Waals surface area contributed by atoms with Gasteiger partial charge in [0.25, 0.3) is 0 Å². The highest BCUT2D eigenvalue weighted by Crippen LogP contribution is 2.39. The van der Waals surface area contributed by atoms with Crippen LogP contribution in [0.5, 0.6) is 5.75 Å². The van der Waals surface area contributed by atoms with E-state index in [1.54, 1.807) is 12.1 Å². The molecule has 0 spiro atoms. The van der Waals surface area contributed by atoms with Crippen molar-refractivity contribution in [3.63, 3.8) is 0 Å². The fourth-order valence-electron chi connectivity index (χ4n) is 3.17. The van der Waals surface area contributed by atoms with Gasteiger partial charge in [0.2, 0.25) is 0 Å². The molecule has 2 aliphatic rings. The predicted molar refractivity (Wildman–Crippen MR) is 83.7 cm³/mol. The Morgan fingerprint density at radius 2 is 1.95 bits per heavy atom. The van der Waals surface area contributed by atoms with E-state index in [0.29, 0.717) is 12.1 Å². The first-order valence-corrected chi connectivity index (χ1v) is 8.02. The third-order valence-corrected chi connectivity index (χ3v) is 4.75. The summed E-state index contributed by atoms with van der Waals surface area (Å²) in [6, 6.07) is 9.24. The second kappa shape index (κ2) is 6.66. The second-order valence-electron chi connectivity index (χ2n) is 6.22. The average Bonchev–Trinajstić information content (AvgIpc) is 2.52. The van der Waals surface area contributed by atoms with Crippen LogP contribution in [0.4, 0.5) is 0 Å². The first-order chi connectivity index (χ1) is 10.7. The molecule has 1 aromatic rings. The molecule has 3 rings (SSSR count). The monoisotopic (exact) mass is 301 g/mol. The van der Waals surface area contributed by atoms with Crippen LogP contribution in [0.3, 0.4) is 0 Å². The molecule has 22 heavy (non-hydrogen) atoms. The van der Waals surface area contributed by atoms with Crippen molar-refractivity contribution in [2.24, 2.45) is 0 Å². The van der Waals surface area contributed by atoms with E-state index in [-0.39, 0.29) is 0 Å². The summed E-state index contributed by atoms with van der Waals surface area (Å²) in [5.41, 5.74) is 0.162. The van der Waals surface area contributed by atoms with Gasteiger partial charge in [-0.15, -0.1) is 0 Å². The minimum Gasteiger partial charge on any atom is -0.485 e. The number of hydrogen-bond acceptors (Lipinski definition) is 5. The summed E-state index contributed by atoms with van der Waals surface area (Å²) in [5, 5.41) is 22.9. The van der Waals surface area contributed by atoms with Crippen LogP contribution in [0.15, 0.2) is 24.3 Å². The molecule has 1 aliphatic heterocycles. The molecule has 118 valence electrons. The maximum absolute atomic E-state index is 10.7. The van der Waals surface area contributed by atoms with E-state index in [4.69, 9.17) is 10.00 Å². The number of piperazine rings is 1.